The maximum absolute atomic E-state index is 9.34. The summed E-state index contributed by atoms with van der Waals surface area (Å²) in [5.41, 5.74) is 3.97. The molecule has 0 radical (unpaired) electrons. The Morgan fingerprint density at radius 3 is 2.48 bits per heavy atom. The van der Waals surface area contributed by atoms with E-state index in [1.165, 1.54) is 30.5 Å². The van der Waals surface area contributed by atoms with Crippen molar-refractivity contribution in [2.45, 2.75) is 66.3 Å². The number of ether oxygens (including phenoxy) is 1. The third kappa shape index (κ3) is 3.92. The van der Waals surface area contributed by atoms with Crippen molar-refractivity contribution < 1.29 is 4.74 Å². The molecule has 1 atom stereocenters. The van der Waals surface area contributed by atoms with Gasteiger partial charge in [0.15, 0.2) is 0 Å². The molecule has 4 rings (SSSR count). The zero-order chi connectivity index (χ0) is 24.0. The fraction of sp³-hybridized carbons (Fsp3) is 0.517. The molecular formula is C29H35N3O. The second-order valence-electron chi connectivity index (χ2n) is 11.4. The van der Waals surface area contributed by atoms with Gasteiger partial charge in [-0.2, -0.15) is 10.5 Å². The van der Waals surface area contributed by atoms with Gasteiger partial charge in [0.2, 0.25) is 0 Å². The summed E-state index contributed by atoms with van der Waals surface area (Å²) in [4.78, 5) is 2.72. The van der Waals surface area contributed by atoms with Crippen molar-refractivity contribution in [3.05, 3.63) is 70.3 Å². The standard InChI is InChI=1S/C29H35N3O/c1-20(2)26-16-22(23(17-30)18-31)15-24(33-26)8-7-21-9-11-29-19-27(3,4)12-14-32(29)13-10-25(21)28(29,5)6/h7-9,11,15-16,20H,10,12-14,19H2,1-6H3. The molecule has 2 fully saturated rings. The third-order valence-electron chi connectivity index (χ3n) is 8.07. The highest BCUT2D eigenvalue weighted by molar-refractivity contribution is 5.55. The van der Waals surface area contributed by atoms with Gasteiger partial charge in [-0.05, 0) is 55.0 Å². The molecule has 2 bridgehead atoms. The van der Waals surface area contributed by atoms with Gasteiger partial charge in [-0.25, -0.2) is 0 Å². The fourth-order valence-electron chi connectivity index (χ4n) is 6.06. The maximum atomic E-state index is 9.34. The van der Waals surface area contributed by atoms with Crippen molar-refractivity contribution in [3.8, 4) is 12.1 Å². The zero-order valence-corrected chi connectivity index (χ0v) is 20.8. The molecule has 0 aromatic heterocycles. The van der Waals surface area contributed by atoms with Crippen molar-refractivity contribution in [2.24, 2.45) is 16.7 Å². The first kappa shape index (κ1) is 23.3. The molecule has 1 spiro atoms. The number of nitrogens with zero attached hydrogens (tertiary/aromatic N) is 3. The quantitative estimate of drug-likeness (QED) is 0.469. The monoisotopic (exact) mass is 441 g/mol. The van der Waals surface area contributed by atoms with Gasteiger partial charge in [-0.1, -0.05) is 65.3 Å². The van der Waals surface area contributed by atoms with Gasteiger partial charge in [0.05, 0.1) is 0 Å². The Morgan fingerprint density at radius 2 is 1.82 bits per heavy atom. The van der Waals surface area contributed by atoms with Crippen molar-refractivity contribution in [3.63, 3.8) is 0 Å². The fourth-order valence-corrected chi connectivity index (χ4v) is 6.06. The molecule has 0 aromatic rings. The van der Waals surface area contributed by atoms with Gasteiger partial charge in [0, 0.05) is 29.0 Å². The molecule has 1 aliphatic carbocycles. The van der Waals surface area contributed by atoms with Crippen molar-refractivity contribution in [1.29, 1.82) is 10.5 Å². The summed E-state index contributed by atoms with van der Waals surface area (Å²) in [6.45, 7) is 16.0. The second kappa shape index (κ2) is 8.19. The molecule has 1 unspecified atom stereocenters. The van der Waals surface area contributed by atoms with Crippen LogP contribution in [0.1, 0.15) is 60.8 Å². The largest absolute Gasteiger partial charge is 0.461 e. The van der Waals surface area contributed by atoms with Gasteiger partial charge in [0.1, 0.15) is 29.2 Å². The summed E-state index contributed by atoms with van der Waals surface area (Å²) in [6, 6.07) is 4.01. The van der Waals surface area contributed by atoms with E-state index in [2.05, 4.69) is 50.8 Å². The van der Waals surface area contributed by atoms with Gasteiger partial charge in [0.25, 0.3) is 0 Å². The lowest BCUT2D eigenvalue weighted by Crippen LogP contribution is -2.66. The van der Waals surface area contributed by atoms with Crippen LogP contribution in [0.3, 0.4) is 0 Å². The summed E-state index contributed by atoms with van der Waals surface area (Å²) in [5.74, 6) is 1.59. The van der Waals surface area contributed by atoms with E-state index in [0.717, 1.165) is 18.7 Å². The van der Waals surface area contributed by atoms with Crippen LogP contribution in [0, 0.1) is 39.4 Å². The number of fused-ring (bicyclic) bond motifs is 1. The van der Waals surface area contributed by atoms with Gasteiger partial charge in [-0.3, -0.25) is 4.90 Å². The number of piperidine rings is 2. The molecule has 172 valence electrons. The van der Waals surface area contributed by atoms with Crippen molar-refractivity contribution >= 4 is 0 Å². The highest BCUT2D eigenvalue weighted by atomic mass is 16.5. The minimum Gasteiger partial charge on any atom is -0.461 e. The molecular weight excluding hydrogens is 406 g/mol. The highest BCUT2D eigenvalue weighted by Crippen LogP contribution is 2.58. The Kier molecular flexibility index (Phi) is 5.80. The lowest BCUT2D eigenvalue weighted by atomic mass is 9.53. The van der Waals surface area contributed by atoms with Crippen LogP contribution in [0.25, 0.3) is 0 Å². The van der Waals surface area contributed by atoms with Crippen LogP contribution >= 0.6 is 0 Å². The van der Waals surface area contributed by atoms with E-state index < -0.39 is 0 Å². The molecule has 0 aromatic carbocycles. The molecule has 0 N–H and O–H groups in total. The van der Waals surface area contributed by atoms with Gasteiger partial charge < -0.3 is 4.74 Å². The molecule has 4 nitrogen and oxygen atoms in total. The van der Waals surface area contributed by atoms with E-state index >= 15 is 0 Å². The van der Waals surface area contributed by atoms with Crippen molar-refractivity contribution in [2.75, 3.05) is 13.1 Å². The summed E-state index contributed by atoms with van der Waals surface area (Å²) in [5, 5.41) is 18.7. The third-order valence-corrected chi connectivity index (χ3v) is 8.07. The Balaban J connectivity index is 1.69. The van der Waals surface area contributed by atoms with Crippen LogP contribution in [0.5, 0.6) is 0 Å². The molecule has 3 aliphatic heterocycles. The van der Waals surface area contributed by atoms with E-state index in [-0.39, 0.29) is 22.4 Å². The molecule has 0 amide bonds. The Morgan fingerprint density at radius 1 is 1.09 bits per heavy atom. The highest BCUT2D eigenvalue weighted by Gasteiger charge is 2.57. The number of rotatable bonds is 3. The minimum absolute atomic E-state index is 0.0576. The molecule has 4 heteroatoms. The van der Waals surface area contributed by atoms with E-state index in [4.69, 9.17) is 4.74 Å². The molecule has 33 heavy (non-hydrogen) atoms. The molecule has 2 saturated heterocycles. The van der Waals surface area contributed by atoms with Crippen LogP contribution in [0.15, 0.2) is 70.3 Å². The SMILES string of the molecule is CC(C)C1=CC(=C(C#N)C#N)C=C(C=CC2=C3CCN4CCC(C)(C)CC4(C=C2)C3(C)C)O1. The van der Waals surface area contributed by atoms with Crippen LogP contribution < -0.4 is 0 Å². The summed E-state index contributed by atoms with van der Waals surface area (Å²) < 4.78 is 6.10. The average Bonchev–Trinajstić information content (AvgIpc) is 2.74. The van der Waals surface area contributed by atoms with Gasteiger partial charge in [-0.15, -0.1) is 0 Å². The van der Waals surface area contributed by atoms with E-state index in [1.54, 1.807) is 12.2 Å². The van der Waals surface area contributed by atoms with Crippen LogP contribution in [-0.4, -0.2) is 23.5 Å². The normalized spacial score (nSPS) is 28.0. The maximum Gasteiger partial charge on any atom is 0.137 e. The number of hydrogen-bond acceptors (Lipinski definition) is 4. The Bertz CT molecular complexity index is 1110. The first-order chi connectivity index (χ1) is 15.5. The number of nitriles is 2. The van der Waals surface area contributed by atoms with Crippen molar-refractivity contribution in [1.82, 2.24) is 4.90 Å². The number of hydrogen-bond donors (Lipinski definition) is 0. The first-order valence-corrected chi connectivity index (χ1v) is 12.0. The molecule has 3 heterocycles. The Labute approximate surface area is 198 Å². The van der Waals surface area contributed by atoms with Crippen LogP contribution in [0.2, 0.25) is 0 Å². The summed E-state index contributed by atoms with van der Waals surface area (Å²) in [6.07, 6.45) is 16.0. The second-order valence-corrected chi connectivity index (χ2v) is 11.4. The van der Waals surface area contributed by atoms with E-state index in [0.29, 0.717) is 16.7 Å². The van der Waals surface area contributed by atoms with Crippen LogP contribution in [-0.2, 0) is 4.74 Å². The predicted octanol–water partition coefficient (Wildman–Crippen LogP) is 6.50. The zero-order valence-electron chi connectivity index (χ0n) is 20.8. The number of allylic oxidation sites excluding steroid dienone is 9. The topological polar surface area (TPSA) is 60.0 Å². The molecule has 0 saturated carbocycles. The summed E-state index contributed by atoms with van der Waals surface area (Å²) in [7, 11) is 0. The summed E-state index contributed by atoms with van der Waals surface area (Å²) >= 11 is 0. The van der Waals surface area contributed by atoms with Gasteiger partial charge >= 0.3 is 0 Å². The van der Waals surface area contributed by atoms with Crippen LogP contribution in [0.4, 0.5) is 0 Å². The average molecular weight is 442 g/mol. The van der Waals surface area contributed by atoms with E-state index in [9.17, 15) is 10.5 Å². The molecule has 4 aliphatic rings. The minimum atomic E-state index is 0.0576. The lowest BCUT2D eigenvalue weighted by Gasteiger charge is -2.63. The first-order valence-electron chi connectivity index (χ1n) is 12.0. The predicted molar refractivity (Wildman–Crippen MR) is 131 cm³/mol. The van der Waals surface area contributed by atoms with E-state index in [1.807, 2.05) is 32.1 Å². The smallest absolute Gasteiger partial charge is 0.137 e. The lowest BCUT2D eigenvalue weighted by molar-refractivity contribution is -0.0585. The Hall–Kier alpha value is -2.82.